The molecule has 1 atom stereocenters. The quantitative estimate of drug-likeness (QED) is 0.795. The highest BCUT2D eigenvalue weighted by Gasteiger charge is 2.16. The monoisotopic (exact) mass is 365 g/mol. The molecule has 0 aliphatic carbocycles. The smallest absolute Gasteiger partial charge is 0.341 e. The van der Waals surface area contributed by atoms with Crippen LogP contribution < -0.4 is 10.1 Å². The van der Waals surface area contributed by atoms with Gasteiger partial charge in [-0.05, 0) is 42.8 Å². The molecule has 0 heterocycles. The maximum absolute atomic E-state index is 13.6. The molecule has 2 aromatic rings. The molecule has 0 saturated heterocycles. The summed E-state index contributed by atoms with van der Waals surface area (Å²) in [6.45, 7) is 1.25. The number of ether oxygens (including phenoxy) is 2. The summed E-state index contributed by atoms with van der Waals surface area (Å²) in [5, 5.41) is 2.89. The molecule has 1 N–H and O–H groups in total. The minimum Gasteiger partial charge on any atom is -0.497 e. The summed E-state index contributed by atoms with van der Waals surface area (Å²) in [5.74, 6) is -1.56. The van der Waals surface area contributed by atoms with Gasteiger partial charge in [-0.25, -0.2) is 9.18 Å². The van der Waals surface area contributed by atoms with Crippen LogP contribution in [0.2, 0.25) is 5.02 Å². The van der Waals surface area contributed by atoms with Crippen LogP contribution in [-0.2, 0) is 9.53 Å². The van der Waals surface area contributed by atoms with Crippen LogP contribution in [0.4, 0.5) is 4.39 Å². The SMILES string of the molecule is COc1cccc([C@H](C)NC(=O)COC(=O)c2cc(Cl)ccc2F)c1. The topological polar surface area (TPSA) is 64.6 Å². The summed E-state index contributed by atoms with van der Waals surface area (Å²) in [5.41, 5.74) is 0.515. The first-order valence-corrected chi connectivity index (χ1v) is 7.84. The van der Waals surface area contributed by atoms with Crippen molar-refractivity contribution in [2.24, 2.45) is 0 Å². The molecule has 0 aromatic heterocycles. The van der Waals surface area contributed by atoms with E-state index in [4.69, 9.17) is 21.1 Å². The Kier molecular flexibility index (Phi) is 6.36. The van der Waals surface area contributed by atoms with E-state index in [9.17, 15) is 14.0 Å². The van der Waals surface area contributed by atoms with Crippen LogP contribution >= 0.6 is 11.6 Å². The van der Waals surface area contributed by atoms with E-state index in [1.807, 2.05) is 6.07 Å². The third kappa shape index (κ3) is 5.19. The molecule has 2 aromatic carbocycles. The van der Waals surface area contributed by atoms with Crippen LogP contribution in [0.25, 0.3) is 0 Å². The number of benzene rings is 2. The fraction of sp³-hybridized carbons (Fsp3) is 0.222. The molecule has 5 nitrogen and oxygen atoms in total. The van der Waals surface area contributed by atoms with Crippen LogP contribution in [0.1, 0.15) is 28.9 Å². The highest BCUT2D eigenvalue weighted by molar-refractivity contribution is 6.30. The van der Waals surface area contributed by atoms with E-state index in [0.29, 0.717) is 5.75 Å². The predicted molar refractivity (Wildman–Crippen MR) is 91.2 cm³/mol. The molecule has 0 radical (unpaired) electrons. The Morgan fingerprint density at radius 1 is 1.24 bits per heavy atom. The first-order chi connectivity index (χ1) is 11.9. The normalized spacial score (nSPS) is 11.5. The number of methoxy groups -OCH3 is 1. The second-order valence-electron chi connectivity index (χ2n) is 5.27. The molecule has 0 spiro atoms. The van der Waals surface area contributed by atoms with Gasteiger partial charge in [-0.2, -0.15) is 0 Å². The molecule has 7 heteroatoms. The lowest BCUT2D eigenvalue weighted by Crippen LogP contribution is -2.31. The van der Waals surface area contributed by atoms with Crippen LogP contribution in [-0.4, -0.2) is 25.6 Å². The molecule has 2 rings (SSSR count). The molecule has 0 aliphatic heterocycles. The summed E-state index contributed by atoms with van der Waals surface area (Å²) in [6, 6.07) is 10.4. The van der Waals surface area contributed by atoms with E-state index in [1.165, 1.54) is 6.07 Å². The predicted octanol–water partition coefficient (Wildman–Crippen LogP) is 3.52. The second-order valence-corrected chi connectivity index (χ2v) is 5.70. The van der Waals surface area contributed by atoms with E-state index in [0.717, 1.165) is 17.7 Å². The van der Waals surface area contributed by atoms with Gasteiger partial charge in [0.1, 0.15) is 11.6 Å². The maximum Gasteiger partial charge on any atom is 0.341 e. The van der Waals surface area contributed by atoms with Crippen molar-refractivity contribution in [1.82, 2.24) is 5.32 Å². The van der Waals surface area contributed by atoms with Crippen LogP contribution in [0.5, 0.6) is 5.75 Å². The van der Waals surface area contributed by atoms with Gasteiger partial charge in [0.05, 0.1) is 18.7 Å². The van der Waals surface area contributed by atoms with Crippen molar-refractivity contribution < 1.29 is 23.5 Å². The van der Waals surface area contributed by atoms with E-state index in [1.54, 1.807) is 32.2 Å². The van der Waals surface area contributed by atoms with Crippen molar-refractivity contribution >= 4 is 23.5 Å². The second kappa shape index (κ2) is 8.48. The highest BCUT2D eigenvalue weighted by Crippen LogP contribution is 2.19. The Balaban J connectivity index is 1.91. The Labute approximate surface area is 149 Å². The van der Waals surface area contributed by atoms with Gasteiger partial charge >= 0.3 is 5.97 Å². The van der Waals surface area contributed by atoms with Crippen LogP contribution in [0, 0.1) is 5.82 Å². The molecule has 0 unspecified atom stereocenters. The number of esters is 1. The summed E-state index contributed by atoms with van der Waals surface area (Å²) in [4.78, 5) is 23.8. The molecule has 25 heavy (non-hydrogen) atoms. The van der Waals surface area contributed by atoms with Crippen molar-refractivity contribution in [2.75, 3.05) is 13.7 Å². The van der Waals surface area contributed by atoms with Gasteiger partial charge in [-0.15, -0.1) is 0 Å². The Morgan fingerprint density at radius 2 is 2.00 bits per heavy atom. The number of rotatable bonds is 6. The lowest BCUT2D eigenvalue weighted by molar-refractivity contribution is -0.124. The molecular formula is C18H17ClFNO4. The van der Waals surface area contributed by atoms with Crippen molar-refractivity contribution in [2.45, 2.75) is 13.0 Å². The zero-order valence-electron chi connectivity index (χ0n) is 13.7. The minimum absolute atomic E-state index is 0.199. The van der Waals surface area contributed by atoms with Crippen molar-refractivity contribution in [3.63, 3.8) is 0 Å². The van der Waals surface area contributed by atoms with Gasteiger partial charge in [0.15, 0.2) is 6.61 Å². The average molecular weight is 366 g/mol. The fourth-order valence-corrected chi connectivity index (χ4v) is 2.31. The molecule has 0 fully saturated rings. The van der Waals surface area contributed by atoms with E-state index in [2.05, 4.69) is 5.32 Å². The highest BCUT2D eigenvalue weighted by atomic mass is 35.5. The Morgan fingerprint density at radius 3 is 2.72 bits per heavy atom. The number of halogens is 2. The third-order valence-electron chi connectivity index (χ3n) is 3.45. The van der Waals surface area contributed by atoms with Gasteiger partial charge in [0.2, 0.25) is 0 Å². The largest absolute Gasteiger partial charge is 0.497 e. The lowest BCUT2D eigenvalue weighted by Gasteiger charge is -2.15. The van der Waals surface area contributed by atoms with Crippen molar-refractivity contribution in [3.05, 3.63) is 64.4 Å². The van der Waals surface area contributed by atoms with Crippen LogP contribution in [0.3, 0.4) is 0 Å². The number of nitrogens with one attached hydrogen (secondary N) is 1. The molecular weight excluding hydrogens is 349 g/mol. The van der Waals surface area contributed by atoms with E-state index < -0.39 is 24.3 Å². The third-order valence-corrected chi connectivity index (χ3v) is 3.69. The summed E-state index contributed by atoms with van der Waals surface area (Å²) < 4.78 is 23.5. The number of carbonyl (C=O) groups excluding carboxylic acids is 2. The Bertz CT molecular complexity index is 781. The minimum atomic E-state index is -0.954. The van der Waals surface area contributed by atoms with Gasteiger partial charge in [-0.3, -0.25) is 4.79 Å². The van der Waals surface area contributed by atoms with E-state index >= 15 is 0 Å². The summed E-state index contributed by atoms with van der Waals surface area (Å²) >= 11 is 5.72. The number of hydrogen-bond acceptors (Lipinski definition) is 4. The fourth-order valence-electron chi connectivity index (χ4n) is 2.14. The van der Waals surface area contributed by atoms with Crippen molar-refractivity contribution in [1.29, 1.82) is 0 Å². The number of amides is 1. The Hall–Kier alpha value is -2.60. The van der Waals surface area contributed by atoms with Gasteiger partial charge in [0.25, 0.3) is 5.91 Å². The summed E-state index contributed by atoms with van der Waals surface area (Å²) in [7, 11) is 1.55. The van der Waals surface area contributed by atoms with Gasteiger partial charge < -0.3 is 14.8 Å². The first kappa shape index (κ1) is 18.7. The van der Waals surface area contributed by atoms with Crippen molar-refractivity contribution in [3.8, 4) is 5.75 Å². The molecule has 0 bridgehead atoms. The van der Waals surface area contributed by atoms with E-state index in [-0.39, 0.29) is 16.6 Å². The standard InChI is InChI=1S/C18H17ClFNO4/c1-11(12-4-3-5-14(8-12)24-2)21-17(22)10-25-18(23)15-9-13(19)6-7-16(15)20/h3-9,11H,10H2,1-2H3,(H,21,22)/t11-/m0/s1. The maximum atomic E-state index is 13.6. The summed E-state index contributed by atoms with van der Waals surface area (Å²) in [6.07, 6.45) is 0. The lowest BCUT2D eigenvalue weighted by atomic mass is 10.1. The number of hydrogen-bond donors (Lipinski definition) is 1. The molecule has 1 amide bonds. The molecule has 0 aliphatic rings. The zero-order valence-corrected chi connectivity index (χ0v) is 14.5. The average Bonchev–Trinajstić information content (AvgIpc) is 2.61. The van der Waals surface area contributed by atoms with Crippen LogP contribution in [0.15, 0.2) is 42.5 Å². The first-order valence-electron chi connectivity index (χ1n) is 7.46. The van der Waals surface area contributed by atoms with Gasteiger partial charge in [-0.1, -0.05) is 23.7 Å². The van der Waals surface area contributed by atoms with Gasteiger partial charge in [0, 0.05) is 5.02 Å². The number of carbonyl (C=O) groups is 2. The zero-order chi connectivity index (χ0) is 18.4. The molecule has 0 saturated carbocycles. The molecule has 132 valence electrons.